The van der Waals surface area contributed by atoms with Crippen molar-refractivity contribution in [2.75, 3.05) is 13.1 Å². The van der Waals surface area contributed by atoms with Crippen molar-refractivity contribution in [2.45, 2.75) is 18.8 Å². The zero-order valence-corrected chi connectivity index (χ0v) is 13.5. The number of pyridine rings is 1. The summed E-state index contributed by atoms with van der Waals surface area (Å²) in [6, 6.07) is 3.66. The maximum Gasteiger partial charge on any atom is 0.273 e. The van der Waals surface area contributed by atoms with Gasteiger partial charge >= 0.3 is 0 Å². The van der Waals surface area contributed by atoms with Gasteiger partial charge in [0.05, 0.1) is 6.20 Å². The SMILES string of the molecule is Cn1cc(C2CCN(C(=O)c3ncccc3Br)CC2)cn1. The summed E-state index contributed by atoms with van der Waals surface area (Å²) in [7, 11) is 1.93. The van der Waals surface area contributed by atoms with Gasteiger partial charge in [0.15, 0.2) is 0 Å². The summed E-state index contributed by atoms with van der Waals surface area (Å²) in [6.45, 7) is 1.53. The van der Waals surface area contributed by atoms with E-state index in [0.717, 1.165) is 30.4 Å². The molecule has 0 unspecified atom stereocenters. The molecular formula is C15H17BrN4O. The molecule has 2 aromatic rings. The molecule has 0 atom stereocenters. The Kier molecular flexibility index (Phi) is 4.05. The molecule has 1 aliphatic heterocycles. The molecular weight excluding hydrogens is 332 g/mol. The van der Waals surface area contributed by atoms with E-state index in [4.69, 9.17) is 0 Å². The highest BCUT2D eigenvalue weighted by atomic mass is 79.9. The average molecular weight is 349 g/mol. The number of carbonyl (C=O) groups is 1. The zero-order valence-electron chi connectivity index (χ0n) is 11.9. The average Bonchev–Trinajstić information content (AvgIpc) is 2.94. The molecule has 0 radical (unpaired) electrons. The lowest BCUT2D eigenvalue weighted by Crippen LogP contribution is -2.38. The molecule has 1 amide bonds. The number of rotatable bonds is 2. The Hall–Kier alpha value is -1.69. The minimum atomic E-state index is 0.00658. The van der Waals surface area contributed by atoms with Crippen molar-refractivity contribution in [3.05, 3.63) is 46.5 Å². The first-order valence-corrected chi connectivity index (χ1v) is 7.83. The number of hydrogen-bond acceptors (Lipinski definition) is 3. The molecule has 5 nitrogen and oxygen atoms in total. The summed E-state index contributed by atoms with van der Waals surface area (Å²) in [5, 5.41) is 4.23. The molecule has 1 aliphatic rings. The number of nitrogens with zero attached hydrogens (tertiary/aromatic N) is 4. The van der Waals surface area contributed by atoms with Crippen LogP contribution < -0.4 is 0 Å². The number of carbonyl (C=O) groups excluding carboxylic acids is 1. The fraction of sp³-hybridized carbons (Fsp3) is 0.400. The molecule has 0 saturated carbocycles. The van der Waals surface area contributed by atoms with Crippen LogP contribution in [0.2, 0.25) is 0 Å². The van der Waals surface area contributed by atoms with Crippen LogP contribution in [0.15, 0.2) is 35.2 Å². The Labute approximate surface area is 132 Å². The number of aromatic nitrogens is 3. The Morgan fingerprint density at radius 2 is 2.14 bits per heavy atom. The highest BCUT2D eigenvalue weighted by Crippen LogP contribution is 2.28. The fourth-order valence-corrected chi connectivity index (χ4v) is 3.18. The van der Waals surface area contributed by atoms with Gasteiger partial charge in [0.2, 0.25) is 0 Å². The van der Waals surface area contributed by atoms with Crippen LogP contribution in [0, 0.1) is 0 Å². The number of likely N-dealkylation sites (tertiary alicyclic amines) is 1. The van der Waals surface area contributed by atoms with Gasteiger partial charge in [-0.3, -0.25) is 9.48 Å². The standard InChI is InChI=1S/C15H17BrN4O/c1-19-10-12(9-18-19)11-4-7-20(8-5-11)15(21)14-13(16)3-2-6-17-14/h2-3,6,9-11H,4-5,7-8H2,1H3. The lowest BCUT2D eigenvalue weighted by atomic mass is 9.91. The van der Waals surface area contributed by atoms with E-state index in [-0.39, 0.29) is 5.91 Å². The third-order valence-electron chi connectivity index (χ3n) is 3.94. The predicted octanol–water partition coefficient (Wildman–Crippen LogP) is 2.60. The smallest absolute Gasteiger partial charge is 0.273 e. The maximum absolute atomic E-state index is 12.5. The molecule has 110 valence electrons. The summed E-state index contributed by atoms with van der Waals surface area (Å²) in [6.07, 6.45) is 7.60. The fourth-order valence-electron chi connectivity index (χ4n) is 2.76. The van der Waals surface area contributed by atoms with Crippen molar-refractivity contribution in [3.63, 3.8) is 0 Å². The van der Waals surface area contributed by atoms with Crippen molar-refractivity contribution in [1.29, 1.82) is 0 Å². The molecule has 0 N–H and O–H groups in total. The van der Waals surface area contributed by atoms with Crippen LogP contribution in [-0.4, -0.2) is 38.7 Å². The van der Waals surface area contributed by atoms with Gasteiger partial charge in [-0.2, -0.15) is 5.10 Å². The van der Waals surface area contributed by atoms with Crippen LogP contribution in [0.4, 0.5) is 0 Å². The van der Waals surface area contributed by atoms with Crippen molar-refractivity contribution >= 4 is 21.8 Å². The van der Waals surface area contributed by atoms with E-state index in [1.165, 1.54) is 5.56 Å². The summed E-state index contributed by atoms with van der Waals surface area (Å²) < 4.78 is 2.59. The topological polar surface area (TPSA) is 51.0 Å². The first kappa shape index (κ1) is 14.3. The molecule has 1 fully saturated rings. The van der Waals surface area contributed by atoms with Crippen LogP contribution in [0.5, 0.6) is 0 Å². The van der Waals surface area contributed by atoms with Gasteiger partial charge in [-0.15, -0.1) is 0 Å². The number of aryl methyl sites for hydroxylation is 1. The minimum Gasteiger partial charge on any atom is -0.337 e. The monoisotopic (exact) mass is 348 g/mol. The second kappa shape index (κ2) is 5.97. The molecule has 0 spiro atoms. The van der Waals surface area contributed by atoms with Crippen LogP contribution in [0.1, 0.15) is 34.8 Å². The van der Waals surface area contributed by atoms with Crippen LogP contribution in [0.3, 0.4) is 0 Å². The number of amides is 1. The lowest BCUT2D eigenvalue weighted by Gasteiger charge is -2.31. The van der Waals surface area contributed by atoms with Crippen molar-refractivity contribution < 1.29 is 4.79 Å². The van der Waals surface area contributed by atoms with Gasteiger partial charge in [-0.1, -0.05) is 0 Å². The van der Waals surface area contributed by atoms with E-state index < -0.39 is 0 Å². The Bertz CT molecular complexity index is 647. The van der Waals surface area contributed by atoms with E-state index in [0.29, 0.717) is 11.6 Å². The van der Waals surface area contributed by atoms with E-state index in [9.17, 15) is 4.79 Å². The highest BCUT2D eigenvalue weighted by molar-refractivity contribution is 9.10. The maximum atomic E-state index is 12.5. The Balaban J connectivity index is 1.66. The summed E-state index contributed by atoms with van der Waals surface area (Å²) in [5.74, 6) is 0.502. The van der Waals surface area contributed by atoms with Crippen LogP contribution >= 0.6 is 15.9 Å². The third kappa shape index (κ3) is 3.00. The molecule has 0 bridgehead atoms. The minimum absolute atomic E-state index is 0.00658. The summed E-state index contributed by atoms with van der Waals surface area (Å²) in [4.78, 5) is 18.6. The van der Waals surface area contributed by atoms with Gasteiger partial charge in [0, 0.05) is 37.0 Å². The lowest BCUT2D eigenvalue weighted by molar-refractivity contribution is 0.0706. The van der Waals surface area contributed by atoms with E-state index in [1.54, 1.807) is 6.20 Å². The number of halogens is 1. The van der Waals surface area contributed by atoms with Gasteiger partial charge in [0.1, 0.15) is 5.69 Å². The van der Waals surface area contributed by atoms with E-state index in [2.05, 4.69) is 32.2 Å². The molecule has 1 saturated heterocycles. The Morgan fingerprint density at radius 1 is 1.38 bits per heavy atom. The normalized spacial score (nSPS) is 16.2. The van der Waals surface area contributed by atoms with Crippen LogP contribution in [-0.2, 0) is 7.05 Å². The molecule has 3 heterocycles. The molecule has 0 aromatic carbocycles. The second-order valence-electron chi connectivity index (χ2n) is 5.35. The highest BCUT2D eigenvalue weighted by Gasteiger charge is 2.26. The number of hydrogen-bond donors (Lipinski definition) is 0. The van der Waals surface area contributed by atoms with Crippen LogP contribution in [0.25, 0.3) is 0 Å². The zero-order chi connectivity index (χ0) is 14.8. The van der Waals surface area contributed by atoms with Crippen molar-refractivity contribution in [2.24, 2.45) is 7.05 Å². The molecule has 2 aromatic heterocycles. The number of piperidine rings is 1. The summed E-state index contributed by atoms with van der Waals surface area (Å²) in [5.41, 5.74) is 1.76. The first-order chi connectivity index (χ1) is 10.1. The Morgan fingerprint density at radius 3 is 2.76 bits per heavy atom. The van der Waals surface area contributed by atoms with Gasteiger partial charge in [-0.05, 0) is 52.4 Å². The van der Waals surface area contributed by atoms with Gasteiger partial charge in [-0.25, -0.2) is 4.98 Å². The summed E-state index contributed by atoms with van der Waals surface area (Å²) >= 11 is 3.39. The van der Waals surface area contributed by atoms with Crippen molar-refractivity contribution in [1.82, 2.24) is 19.7 Å². The van der Waals surface area contributed by atoms with Gasteiger partial charge < -0.3 is 4.90 Å². The molecule has 0 aliphatic carbocycles. The largest absolute Gasteiger partial charge is 0.337 e. The second-order valence-corrected chi connectivity index (χ2v) is 6.20. The van der Waals surface area contributed by atoms with Crippen molar-refractivity contribution in [3.8, 4) is 0 Å². The van der Waals surface area contributed by atoms with Gasteiger partial charge in [0.25, 0.3) is 5.91 Å². The molecule has 6 heteroatoms. The van der Waals surface area contributed by atoms with E-state index >= 15 is 0 Å². The van der Waals surface area contributed by atoms with E-state index in [1.807, 2.05) is 35.0 Å². The quantitative estimate of drug-likeness (QED) is 0.838. The third-order valence-corrected chi connectivity index (χ3v) is 4.58. The molecule has 21 heavy (non-hydrogen) atoms. The first-order valence-electron chi connectivity index (χ1n) is 7.03. The molecule has 3 rings (SSSR count). The predicted molar refractivity (Wildman–Crippen MR) is 83.0 cm³/mol.